The predicted octanol–water partition coefficient (Wildman–Crippen LogP) is 19.2. The molecule has 0 heterocycles. The second-order valence-electron chi connectivity index (χ2n) is 21.0. The molecule has 6 nitrogen and oxygen atoms in total. The molecule has 0 fully saturated rings. The van der Waals surface area contributed by atoms with Crippen LogP contribution >= 0.6 is 0 Å². The summed E-state index contributed by atoms with van der Waals surface area (Å²) in [4.78, 5) is 24.5. The lowest BCUT2D eigenvalue weighted by Gasteiger charge is -2.20. The highest BCUT2D eigenvalue weighted by Crippen LogP contribution is 2.17. The monoisotopic (exact) mass is 970 g/mol. The fourth-order valence-electron chi connectivity index (χ4n) is 9.44. The summed E-state index contributed by atoms with van der Waals surface area (Å²) in [5.41, 5.74) is 0. The normalized spacial score (nSPS) is 12.8. The third kappa shape index (κ3) is 55.2. The number of allylic oxidation sites excluding steroid dienone is 5. The van der Waals surface area contributed by atoms with Gasteiger partial charge in [-0.3, -0.25) is 9.59 Å². The second-order valence-corrected chi connectivity index (χ2v) is 21.0. The van der Waals surface area contributed by atoms with Crippen molar-refractivity contribution in [3.05, 3.63) is 36.5 Å². The molecule has 0 aromatic rings. The van der Waals surface area contributed by atoms with Crippen molar-refractivity contribution < 1.29 is 24.5 Å². The van der Waals surface area contributed by atoms with Gasteiger partial charge in [0.1, 0.15) is 0 Å². The van der Waals surface area contributed by atoms with Crippen molar-refractivity contribution in [1.82, 2.24) is 5.32 Å². The Kier molecular flexibility index (Phi) is 57.0. The van der Waals surface area contributed by atoms with Gasteiger partial charge in [0.25, 0.3) is 0 Å². The van der Waals surface area contributed by atoms with E-state index in [4.69, 9.17) is 4.74 Å². The van der Waals surface area contributed by atoms with Gasteiger partial charge in [-0.05, 0) is 57.8 Å². The molecule has 0 aromatic heterocycles. The van der Waals surface area contributed by atoms with Gasteiger partial charge in [0.05, 0.1) is 25.4 Å². The summed E-state index contributed by atoms with van der Waals surface area (Å²) in [5, 5.41) is 23.2. The maximum Gasteiger partial charge on any atom is 0.305 e. The summed E-state index contributed by atoms with van der Waals surface area (Å²) in [6, 6.07) is -0.636. The first kappa shape index (κ1) is 67.1. The Labute approximate surface area is 430 Å². The molecule has 0 rings (SSSR count). The van der Waals surface area contributed by atoms with E-state index < -0.39 is 12.1 Å². The van der Waals surface area contributed by atoms with Crippen LogP contribution in [0.5, 0.6) is 0 Å². The molecule has 0 aliphatic rings. The first-order valence-electron chi connectivity index (χ1n) is 30.8. The highest BCUT2D eigenvalue weighted by molar-refractivity contribution is 5.76. The Balaban J connectivity index is 3.47. The van der Waals surface area contributed by atoms with Gasteiger partial charge in [-0.1, -0.05) is 294 Å². The average Bonchev–Trinajstić information content (AvgIpc) is 3.35. The average molecular weight is 971 g/mol. The summed E-state index contributed by atoms with van der Waals surface area (Å²) in [5.74, 6) is -0.0897. The molecule has 0 saturated carbocycles. The van der Waals surface area contributed by atoms with Crippen molar-refractivity contribution in [2.24, 2.45) is 0 Å². The maximum atomic E-state index is 12.5. The molecule has 406 valence electrons. The number of esters is 1. The van der Waals surface area contributed by atoms with E-state index in [1.165, 1.54) is 238 Å². The van der Waals surface area contributed by atoms with Crippen LogP contribution in [0.4, 0.5) is 0 Å². The van der Waals surface area contributed by atoms with Crippen LogP contribution < -0.4 is 5.32 Å². The summed E-state index contributed by atoms with van der Waals surface area (Å²) in [6.07, 6.45) is 73.2. The summed E-state index contributed by atoms with van der Waals surface area (Å²) < 4.78 is 5.46. The van der Waals surface area contributed by atoms with Crippen LogP contribution in [0.2, 0.25) is 0 Å². The summed E-state index contributed by atoms with van der Waals surface area (Å²) >= 11 is 0. The van der Waals surface area contributed by atoms with Crippen LogP contribution in [0.15, 0.2) is 36.5 Å². The Morgan fingerprint density at radius 1 is 0.406 bits per heavy atom. The molecule has 0 radical (unpaired) electrons. The van der Waals surface area contributed by atoms with Crippen molar-refractivity contribution in [2.45, 2.75) is 341 Å². The number of ether oxygens (including phenoxy) is 1. The van der Waals surface area contributed by atoms with Gasteiger partial charge >= 0.3 is 5.97 Å². The van der Waals surface area contributed by atoms with E-state index >= 15 is 0 Å². The number of aliphatic hydroxyl groups excluding tert-OH is 2. The molecule has 2 unspecified atom stereocenters. The molecule has 2 atom stereocenters. The molecule has 3 N–H and O–H groups in total. The van der Waals surface area contributed by atoms with Gasteiger partial charge in [-0.25, -0.2) is 0 Å². The summed E-state index contributed by atoms with van der Waals surface area (Å²) in [6.45, 7) is 4.83. The number of amides is 1. The molecule has 0 saturated heterocycles. The lowest BCUT2D eigenvalue weighted by atomic mass is 10.0. The van der Waals surface area contributed by atoms with Crippen LogP contribution in [0.3, 0.4) is 0 Å². The van der Waals surface area contributed by atoms with Gasteiger partial charge in [0.15, 0.2) is 0 Å². The molecule has 6 heteroatoms. The minimum absolute atomic E-state index is 0.0154. The molecule has 1 amide bonds. The minimum atomic E-state index is -0.852. The maximum absolute atomic E-state index is 12.5. The van der Waals surface area contributed by atoms with Gasteiger partial charge < -0.3 is 20.3 Å². The third-order valence-corrected chi connectivity index (χ3v) is 14.1. The first-order valence-corrected chi connectivity index (χ1v) is 30.8. The molecular formula is C63H119NO5. The number of carbonyl (C=O) groups excluding carboxylic acids is 2. The van der Waals surface area contributed by atoms with Gasteiger partial charge in [-0.15, -0.1) is 0 Å². The van der Waals surface area contributed by atoms with Gasteiger partial charge in [-0.2, -0.15) is 0 Å². The van der Waals surface area contributed by atoms with E-state index in [2.05, 4.69) is 43.5 Å². The Morgan fingerprint density at radius 3 is 1.16 bits per heavy atom. The van der Waals surface area contributed by atoms with Gasteiger partial charge in [0.2, 0.25) is 5.91 Å². The molecular weight excluding hydrogens is 851 g/mol. The van der Waals surface area contributed by atoms with Crippen LogP contribution in [0.1, 0.15) is 328 Å². The number of hydrogen-bond donors (Lipinski definition) is 3. The van der Waals surface area contributed by atoms with Crippen molar-refractivity contribution in [2.75, 3.05) is 13.2 Å². The number of rotatable bonds is 57. The van der Waals surface area contributed by atoms with E-state index in [-0.39, 0.29) is 18.5 Å². The molecule has 0 spiro atoms. The zero-order valence-corrected chi connectivity index (χ0v) is 46.3. The van der Waals surface area contributed by atoms with E-state index in [9.17, 15) is 19.8 Å². The quantitative estimate of drug-likeness (QED) is 0.0321. The van der Waals surface area contributed by atoms with E-state index in [1.807, 2.05) is 6.08 Å². The lowest BCUT2D eigenvalue weighted by molar-refractivity contribution is -0.143. The van der Waals surface area contributed by atoms with Crippen molar-refractivity contribution in [3.8, 4) is 0 Å². The number of hydrogen-bond acceptors (Lipinski definition) is 5. The van der Waals surface area contributed by atoms with Crippen LogP contribution in [0, 0.1) is 0 Å². The Hall–Kier alpha value is -1.92. The molecule has 69 heavy (non-hydrogen) atoms. The molecule has 0 aromatic carbocycles. The Morgan fingerprint density at radius 2 is 0.754 bits per heavy atom. The first-order chi connectivity index (χ1) is 34.0. The fourth-order valence-corrected chi connectivity index (χ4v) is 9.44. The molecule has 0 aliphatic heterocycles. The third-order valence-electron chi connectivity index (χ3n) is 14.1. The van der Waals surface area contributed by atoms with Gasteiger partial charge in [0, 0.05) is 12.8 Å². The number of aliphatic hydroxyl groups is 2. The number of unbranched alkanes of at least 4 members (excludes halogenated alkanes) is 42. The fraction of sp³-hybridized carbons (Fsp3) is 0.873. The Bertz CT molecular complexity index is 1120. The second kappa shape index (κ2) is 58.6. The molecule has 0 aliphatic carbocycles. The topological polar surface area (TPSA) is 95.9 Å². The number of carbonyl (C=O) groups is 2. The van der Waals surface area contributed by atoms with Crippen LogP contribution in [-0.4, -0.2) is 47.4 Å². The van der Waals surface area contributed by atoms with Crippen LogP contribution in [0.25, 0.3) is 0 Å². The van der Waals surface area contributed by atoms with Crippen molar-refractivity contribution >= 4 is 11.9 Å². The minimum Gasteiger partial charge on any atom is -0.466 e. The standard InChI is InChI=1S/C63H119NO5/c1-3-5-7-9-11-13-15-17-18-19-20-21-22-23-24-25-26-28-32-35-39-43-47-51-55-61(66)60(59-65)64-62(67)56-52-48-44-40-36-33-29-27-30-34-38-42-46-50-54-58-69-63(68)57-53-49-45-41-37-31-16-14-12-10-8-6-4-2/h8,10,14,16,51,55,60-61,65-66H,3-7,9,11-13,15,17-50,52-54,56-59H2,1-2H3,(H,64,67)/b10-8-,16-14-,55-51+. The summed E-state index contributed by atoms with van der Waals surface area (Å²) in [7, 11) is 0. The SMILES string of the molecule is CCC/C=C\C/C=C\CCCCCCCC(=O)OCCCCCCCCCCCCCCCCCC(=O)NC(CO)C(O)/C=C/CCCCCCCCCCCCCCCCCCCCCCCC. The zero-order valence-electron chi connectivity index (χ0n) is 46.3. The van der Waals surface area contributed by atoms with Crippen molar-refractivity contribution in [1.29, 1.82) is 0 Å². The smallest absolute Gasteiger partial charge is 0.305 e. The lowest BCUT2D eigenvalue weighted by Crippen LogP contribution is -2.45. The van der Waals surface area contributed by atoms with E-state index in [1.54, 1.807) is 6.08 Å². The number of nitrogens with one attached hydrogen (secondary N) is 1. The zero-order chi connectivity index (χ0) is 50.0. The highest BCUT2D eigenvalue weighted by atomic mass is 16.5. The van der Waals surface area contributed by atoms with E-state index in [0.29, 0.717) is 19.4 Å². The van der Waals surface area contributed by atoms with Crippen molar-refractivity contribution in [3.63, 3.8) is 0 Å². The van der Waals surface area contributed by atoms with E-state index in [0.717, 1.165) is 64.2 Å². The van der Waals surface area contributed by atoms with Crippen LogP contribution in [-0.2, 0) is 14.3 Å². The predicted molar refractivity (Wildman–Crippen MR) is 301 cm³/mol. The molecule has 0 bridgehead atoms. The largest absolute Gasteiger partial charge is 0.466 e. The highest BCUT2D eigenvalue weighted by Gasteiger charge is 2.18.